The molecular weight excluding hydrogens is 158 g/mol. The third-order valence-electron chi connectivity index (χ3n) is 1.17. The van der Waals surface area contributed by atoms with Crippen molar-refractivity contribution in [3.05, 3.63) is 11.6 Å². The van der Waals surface area contributed by atoms with Gasteiger partial charge in [0, 0.05) is 0 Å². The number of hydrogen-bond donors (Lipinski definition) is 2. The van der Waals surface area contributed by atoms with Crippen molar-refractivity contribution in [2.45, 2.75) is 20.0 Å². The van der Waals surface area contributed by atoms with Crippen molar-refractivity contribution in [1.29, 1.82) is 5.26 Å². The van der Waals surface area contributed by atoms with E-state index in [-0.39, 0.29) is 11.5 Å². The summed E-state index contributed by atoms with van der Waals surface area (Å²) in [5, 5.41) is 25.8. The van der Waals surface area contributed by atoms with Gasteiger partial charge in [0.05, 0.1) is 11.6 Å². The fraction of sp³-hybridized carbons (Fsp3) is 0.500. The van der Waals surface area contributed by atoms with Crippen LogP contribution in [0.4, 0.5) is 0 Å². The lowest BCUT2D eigenvalue weighted by Crippen LogP contribution is -2.21. The van der Waals surface area contributed by atoms with E-state index in [0.29, 0.717) is 0 Å². The number of hydrogen-bond acceptors (Lipinski definition) is 3. The van der Waals surface area contributed by atoms with Crippen LogP contribution in [0.5, 0.6) is 0 Å². The van der Waals surface area contributed by atoms with E-state index in [9.17, 15) is 4.79 Å². The van der Waals surface area contributed by atoms with Gasteiger partial charge in [-0.1, -0.05) is 19.9 Å². The standard InChI is InChI=1S/C8H11NO3/c1-5(2)3-6(4-9)7(10)8(11)12/h3,5,7,10H,1-2H3,(H,11,12)/b6-3+/t7-/m0/s1. The number of rotatable bonds is 3. The highest BCUT2D eigenvalue weighted by molar-refractivity contribution is 5.77. The summed E-state index contributed by atoms with van der Waals surface area (Å²) in [4.78, 5) is 10.2. The number of nitrogens with zero attached hydrogens (tertiary/aromatic N) is 1. The first-order valence-electron chi connectivity index (χ1n) is 3.51. The topological polar surface area (TPSA) is 81.3 Å². The van der Waals surface area contributed by atoms with Crippen LogP contribution in [-0.2, 0) is 4.79 Å². The van der Waals surface area contributed by atoms with Crippen molar-refractivity contribution in [2.75, 3.05) is 0 Å². The largest absolute Gasteiger partial charge is 0.479 e. The fourth-order valence-electron chi connectivity index (χ4n) is 0.682. The Morgan fingerprint density at radius 2 is 2.08 bits per heavy atom. The first-order chi connectivity index (χ1) is 5.49. The van der Waals surface area contributed by atoms with E-state index < -0.39 is 12.1 Å². The molecule has 0 fully saturated rings. The molecule has 0 aromatic rings. The molecule has 0 aromatic carbocycles. The molecule has 0 aliphatic carbocycles. The van der Waals surface area contributed by atoms with Gasteiger partial charge in [-0.3, -0.25) is 0 Å². The maximum Gasteiger partial charge on any atom is 0.337 e. The Bertz CT molecular complexity index is 237. The Hall–Kier alpha value is -1.34. The summed E-state index contributed by atoms with van der Waals surface area (Å²) in [6, 6.07) is 1.64. The van der Waals surface area contributed by atoms with Crippen molar-refractivity contribution >= 4 is 5.97 Å². The SMILES string of the molecule is CC(C)/C=C(\C#N)[C@H](O)C(=O)O. The number of allylic oxidation sites excluding steroid dienone is 1. The van der Waals surface area contributed by atoms with Crippen LogP contribution < -0.4 is 0 Å². The molecule has 0 aliphatic heterocycles. The van der Waals surface area contributed by atoms with Gasteiger partial charge in [-0.25, -0.2) is 4.79 Å². The molecule has 2 N–H and O–H groups in total. The molecule has 0 unspecified atom stereocenters. The van der Waals surface area contributed by atoms with Crippen molar-refractivity contribution < 1.29 is 15.0 Å². The minimum absolute atomic E-state index is 0.0497. The van der Waals surface area contributed by atoms with E-state index in [2.05, 4.69) is 0 Å². The summed E-state index contributed by atoms with van der Waals surface area (Å²) in [6.45, 7) is 3.60. The molecule has 0 saturated carbocycles. The molecule has 4 nitrogen and oxygen atoms in total. The summed E-state index contributed by atoms with van der Waals surface area (Å²) >= 11 is 0. The van der Waals surface area contributed by atoms with Crippen molar-refractivity contribution in [2.24, 2.45) is 5.92 Å². The van der Waals surface area contributed by atoms with E-state index in [4.69, 9.17) is 15.5 Å². The van der Waals surface area contributed by atoms with Crippen molar-refractivity contribution in [3.8, 4) is 6.07 Å². The summed E-state index contributed by atoms with van der Waals surface area (Å²) in [5.41, 5.74) is -0.113. The predicted octanol–water partition coefficient (Wildman–Crippen LogP) is 0.538. The first kappa shape index (κ1) is 10.7. The second-order valence-electron chi connectivity index (χ2n) is 2.72. The molecule has 0 rings (SSSR count). The van der Waals surface area contributed by atoms with Crippen LogP contribution >= 0.6 is 0 Å². The molecule has 0 aromatic heterocycles. The minimum Gasteiger partial charge on any atom is -0.479 e. The zero-order valence-corrected chi connectivity index (χ0v) is 6.98. The van der Waals surface area contributed by atoms with Crippen molar-refractivity contribution in [1.82, 2.24) is 0 Å². The monoisotopic (exact) mass is 169 g/mol. The highest BCUT2D eigenvalue weighted by Gasteiger charge is 2.18. The van der Waals surface area contributed by atoms with Crippen LogP contribution in [0.3, 0.4) is 0 Å². The van der Waals surface area contributed by atoms with Gasteiger partial charge >= 0.3 is 5.97 Å². The van der Waals surface area contributed by atoms with Crippen LogP contribution in [0.1, 0.15) is 13.8 Å². The lowest BCUT2D eigenvalue weighted by atomic mass is 10.1. The quantitative estimate of drug-likeness (QED) is 0.604. The number of aliphatic hydroxyl groups excluding tert-OH is 1. The van der Waals surface area contributed by atoms with Gasteiger partial charge in [0.2, 0.25) is 0 Å². The predicted molar refractivity (Wildman–Crippen MR) is 42.2 cm³/mol. The Kier molecular flexibility index (Phi) is 4.02. The second-order valence-corrected chi connectivity index (χ2v) is 2.72. The number of carboxylic acid groups (broad SMARTS) is 1. The van der Waals surface area contributed by atoms with E-state index in [1.165, 1.54) is 6.08 Å². The van der Waals surface area contributed by atoms with Gasteiger partial charge in [0.1, 0.15) is 0 Å². The van der Waals surface area contributed by atoms with Gasteiger partial charge in [0.15, 0.2) is 6.10 Å². The normalized spacial score (nSPS) is 14.1. The molecule has 0 heterocycles. The van der Waals surface area contributed by atoms with Gasteiger partial charge in [0.25, 0.3) is 0 Å². The van der Waals surface area contributed by atoms with E-state index >= 15 is 0 Å². The Morgan fingerprint density at radius 3 is 2.33 bits per heavy atom. The summed E-state index contributed by atoms with van der Waals surface area (Å²) < 4.78 is 0. The smallest absolute Gasteiger partial charge is 0.337 e. The van der Waals surface area contributed by atoms with E-state index in [1.54, 1.807) is 19.9 Å². The summed E-state index contributed by atoms with van der Waals surface area (Å²) in [5.74, 6) is -1.35. The summed E-state index contributed by atoms with van der Waals surface area (Å²) in [6.07, 6.45) is -0.268. The molecule has 4 heteroatoms. The van der Waals surface area contributed by atoms with Gasteiger partial charge in [-0.05, 0) is 5.92 Å². The van der Waals surface area contributed by atoms with Crippen molar-refractivity contribution in [3.63, 3.8) is 0 Å². The van der Waals surface area contributed by atoms with Crippen LogP contribution in [0.2, 0.25) is 0 Å². The minimum atomic E-state index is -1.70. The second kappa shape index (κ2) is 4.52. The first-order valence-corrected chi connectivity index (χ1v) is 3.51. The van der Waals surface area contributed by atoms with Gasteiger partial charge in [-0.15, -0.1) is 0 Å². The van der Waals surface area contributed by atoms with Crippen LogP contribution in [0.15, 0.2) is 11.6 Å². The zero-order valence-electron chi connectivity index (χ0n) is 6.98. The van der Waals surface area contributed by atoms with Gasteiger partial charge in [-0.2, -0.15) is 5.26 Å². The highest BCUT2D eigenvalue weighted by Crippen LogP contribution is 2.06. The fourth-order valence-corrected chi connectivity index (χ4v) is 0.682. The van der Waals surface area contributed by atoms with E-state index in [0.717, 1.165) is 0 Å². The number of carbonyl (C=O) groups is 1. The zero-order chi connectivity index (χ0) is 9.72. The average molecular weight is 169 g/mol. The number of aliphatic carboxylic acids is 1. The molecule has 0 radical (unpaired) electrons. The maximum atomic E-state index is 10.2. The van der Waals surface area contributed by atoms with E-state index in [1.807, 2.05) is 0 Å². The van der Waals surface area contributed by atoms with Crippen LogP contribution in [-0.4, -0.2) is 22.3 Å². The highest BCUT2D eigenvalue weighted by atomic mass is 16.4. The number of aliphatic hydroxyl groups is 1. The molecule has 12 heavy (non-hydrogen) atoms. The third kappa shape index (κ3) is 3.17. The third-order valence-corrected chi connectivity index (χ3v) is 1.17. The molecule has 0 amide bonds. The molecule has 0 spiro atoms. The molecule has 1 atom stereocenters. The van der Waals surface area contributed by atoms with Gasteiger partial charge < -0.3 is 10.2 Å². The lowest BCUT2D eigenvalue weighted by molar-refractivity contribution is -0.144. The Labute approximate surface area is 70.7 Å². The lowest BCUT2D eigenvalue weighted by Gasteiger charge is -2.04. The maximum absolute atomic E-state index is 10.2. The van der Waals surface area contributed by atoms with Crippen LogP contribution in [0, 0.1) is 17.2 Å². The Balaban J connectivity index is 4.59. The van der Waals surface area contributed by atoms with Crippen LogP contribution in [0.25, 0.3) is 0 Å². The summed E-state index contributed by atoms with van der Waals surface area (Å²) in [7, 11) is 0. The molecule has 66 valence electrons. The number of nitriles is 1. The average Bonchev–Trinajstić information content (AvgIpc) is 1.98. The molecular formula is C8H11NO3. The molecule has 0 bridgehead atoms. The number of carboxylic acids is 1. The molecule has 0 aliphatic rings. The molecule has 0 saturated heterocycles. The Morgan fingerprint density at radius 1 is 1.58 bits per heavy atom.